The summed E-state index contributed by atoms with van der Waals surface area (Å²) in [7, 11) is -3.94. The summed E-state index contributed by atoms with van der Waals surface area (Å²) in [5.41, 5.74) is 7.63. The Bertz CT molecular complexity index is 1120. The van der Waals surface area contributed by atoms with Crippen LogP contribution in [-0.2, 0) is 10.0 Å². The van der Waals surface area contributed by atoms with Crippen molar-refractivity contribution in [2.45, 2.75) is 4.90 Å². The molecule has 1 aliphatic rings. The summed E-state index contributed by atoms with van der Waals surface area (Å²) in [5.74, 6) is -0.152. The van der Waals surface area contributed by atoms with E-state index >= 15 is 0 Å². The van der Waals surface area contributed by atoms with Gasteiger partial charge in [-0.3, -0.25) is 4.79 Å². The van der Waals surface area contributed by atoms with E-state index in [9.17, 15) is 13.2 Å². The Morgan fingerprint density at radius 3 is 2.32 bits per heavy atom. The molecular weight excluding hydrogens is 481 g/mol. The number of rotatable bonds is 5. The third-order valence-corrected chi connectivity index (χ3v) is 7.04. The van der Waals surface area contributed by atoms with Crippen molar-refractivity contribution in [3.8, 4) is 0 Å². The zero-order valence-electron chi connectivity index (χ0n) is 16.2. The van der Waals surface area contributed by atoms with Gasteiger partial charge in [-0.25, -0.2) is 0 Å². The number of sulfonamides is 1. The molecule has 0 aliphatic carbocycles. The van der Waals surface area contributed by atoms with Crippen LogP contribution in [0, 0.1) is 5.41 Å². The monoisotopic (exact) mass is 499 g/mol. The number of halogens is 2. The maximum atomic E-state index is 12.7. The van der Waals surface area contributed by atoms with E-state index in [1.54, 1.807) is 35.2 Å². The molecule has 0 aromatic heterocycles. The molecule has 0 atom stereocenters. The van der Waals surface area contributed by atoms with E-state index in [1.807, 2.05) is 0 Å². The molecule has 8 nitrogen and oxygen atoms in total. The lowest BCUT2D eigenvalue weighted by Crippen LogP contribution is -2.48. The van der Waals surface area contributed by atoms with Gasteiger partial charge in [-0.1, -0.05) is 23.2 Å². The van der Waals surface area contributed by atoms with E-state index in [4.69, 9.17) is 34.3 Å². The van der Waals surface area contributed by atoms with Crippen LogP contribution in [0.4, 0.5) is 5.69 Å². The first kappa shape index (κ1) is 23.4. The highest BCUT2D eigenvalue weighted by molar-refractivity contribution is 8.25. The third kappa shape index (κ3) is 5.70. The summed E-state index contributed by atoms with van der Waals surface area (Å²) in [6.45, 7) is 2.17. The van der Waals surface area contributed by atoms with E-state index < -0.39 is 10.0 Å². The van der Waals surface area contributed by atoms with E-state index in [0.29, 0.717) is 53.5 Å². The van der Waals surface area contributed by atoms with Gasteiger partial charge in [0, 0.05) is 36.9 Å². The molecule has 3 N–H and O–H groups in total. The van der Waals surface area contributed by atoms with Crippen LogP contribution in [0.1, 0.15) is 10.4 Å². The number of benzene rings is 2. The molecule has 31 heavy (non-hydrogen) atoms. The predicted molar refractivity (Wildman–Crippen MR) is 126 cm³/mol. The van der Waals surface area contributed by atoms with Crippen molar-refractivity contribution in [3.63, 3.8) is 0 Å². The Morgan fingerprint density at radius 1 is 1.10 bits per heavy atom. The molecule has 1 aliphatic heterocycles. The third-order valence-electron chi connectivity index (χ3n) is 4.62. The maximum absolute atomic E-state index is 12.7. The first-order chi connectivity index (χ1) is 14.7. The molecular formula is C19H19Cl2N5O3S2. The van der Waals surface area contributed by atoms with E-state index in [-0.39, 0.29) is 16.0 Å². The number of thioether (sulfide) groups is 1. The van der Waals surface area contributed by atoms with Crippen LogP contribution in [0.2, 0.25) is 10.0 Å². The van der Waals surface area contributed by atoms with E-state index in [1.165, 1.54) is 12.1 Å². The van der Waals surface area contributed by atoms with Crippen LogP contribution in [0.5, 0.6) is 0 Å². The molecule has 1 amide bonds. The largest absolute Gasteiger partial charge is 0.377 e. The highest BCUT2D eigenvalue weighted by Crippen LogP contribution is 2.24. The number of nitrogens with zero attached hydrogens (tertiary/aromatic N) is 3. The van der Waals surface area contributed by atoms with E-state index in [0.717, 1.165) is 11.2 Å². The molecule has 3 rings (SSSR count). The van der Waals surface area contributed by atoms with E-state index in [2.05, 4.69) is 9.30 Å². The minimum absolute atomic E-state index is 0.0102. The van der Waals surface area contributed by atoms with Gasteiger partial charge in [0.25, 0.3) is 15.9 Å². The summed E-state index contributed by atoms with van der Waals surface area (Å²) in [4.78, 5) is 16.5. The predicted octanol–water partition coefficient (Wildman–Crippen LogP) is 3.30. The van der Waals surface area contributed by atoms with Crippen LogP contribution in [0.15, 0.2) is 51.8 Å². The standard InChI is InChI=1S/C19H19Cl2N5O3S2/c20-13-1-6-16(17(21)11-13)18(27)26-9-7-25(8-10-26)14-2-4-15(5-3-14)31(28,29)24-19(23)30-12-22/h1-6,11-12,22H,7-10H2,(H2,23,24). The first-order valence-electron chi connectivity index (χ1n) is 9.06. The van der Waals surface area contributed by atoms with Gasteiger partial charge in [-0.05, 0) is 54.2 Å². The second kappa shape index (κ2) is 9.90. The highest BCUT2D eigenvalue weighted by atomic mass is 35.5. The molecule has 0 radical (unpaired) electrons. The smallest absolute Gasteiger partial charge is 0.284 e. The van der Waals surface area contributed by atoms with Crippen molar-refractivity contribution in [3.05, 3.63) is 58.1 Å². The number of carbonyl (C=O) groups is 1. The lowest BCUT2D eigenvalue weighted by molar-refractivity contribution is 0.0747. The van der Waals surface area contributed by atoms with Gasteiger partial charge < -0.3 is 20.9 Å². The van der Waals surface area contributed by atoms with Crippen molar-refractivity contribution < 1.29 is 13.2 Å². The number of nitrogens with two attached hydrogens (primary N) is 1. The fourth-order valence-electron chi connectivity index (χ4n) is 3.08. The number of carbonyl (C=O) groups excluding carboxylic acids is 1. The van der Waals surface area contributed by atoms with Crippen molar-refractivity contribution in [1.82, 2.24) is 4.90 Å². The zero-order chi connectivity index (χ0) is 22.6. The van der Waals surface area contributed by atoms with Crippen LogP contribution in [0.3, 0.4) is 0 Å². The summed E-state index contributed by atoms with van der Waals surface area (Å²) < 4.78 is 28.0. The Hall–Kier alpha value is -2.27. The molecule has 1 saturated heterocycles. The van der Waals surface area contributed by atoms with Crippen LogP contribution in [0.25, 0.3) is 0 Å². The molecule has 0 unspecified atom stereocenters. The lowest BCUT2D eigenvalue weighted by atomic mass is 10.1. The van der Waals surface area contributed by atoms with Crippen LogP contribution in [-0.4, -0.2) is 56.1 Å². The molecule has 0 spiro atoms. The molecule has 2 aromatic rings. The Kier molecular flexibility index (Phi) is 7.47. The number of hydrogen-bond acceptors (Lipinski definition) is 6. The number of hydrogen-bond donors (Lipinski definition) is 2. The second-order valence-electron chi connectivity index (χ2n) is 6.54. The van der Waals surface area contributed by atoms with Gasteiger partial charge in [0.05, 0.1) is 21.0 Å². The first-order valence-corrected chi connectivity index (χ1v) is 12.1. The molecule has 2 aromatic carbocycles. The summed E-state index contributed by atoms with van der Waals surface area (Å²) >= 11 is 12.8. The van der Waals surface area contributed by atoms with Crippen molar-refractivity contribution >= 4 is 67.3 Å². The molecule has 0 saturated carbocycles. The SMILES string of the molecule is N=CS/C(N)=N/S(=O)(=O)c1ccc(N2CCN(C(=O)c3ccc(Cl)cc3Cl)CC2)cc1. The zero-order valence-corrected chi connectivity index (χ0v) is 19.3. The van der Waals surface area contributed by atoms with Gasteiger partial charge in [0.2, 0.25) is 0 Å². The topological polar surface area (TPSA) is 120 Å². The van der Waals surface area contributed by atoms with Crippen molar-refractivity contribution in [2.24, 2.45) is 10.1 Å². The van der Waals surface area contributed by atoms with Gasteiger partial charge in [-0.15, -0.1) is 4.40 Å². The molecule has 1 heterocycles. The van der Waals surface area contributed by atoms with Gasteiger partial charge in [0.1, 0.15) is 0 Å². The fraction of sp³-hybridized carbons (Fsp3) is 0.211. The van der Waals surface area contributed by atoms with Gasteiger partial charge >= 0.3 is 0 Å². The molecule has 164 valence electrons. The average molecular weight is 500 g/mol. The van der Waals surface area contributed by atoms with Crippen molar-refractivity contribution in [2.75, 3.05) is 31.1 Å². The highest BCUT2D eigenvalue weighted by Gasteiger charge is 2.24. The number of nitrogens with one attached hydrogen (secondary N) is 1. The summed E-state index contributed by atoms with van der Waals surface area (Å²) in [6.07, 6.45) is 0. The summed E-state index contributed by atoms with van der Waals surface area (Å²) in [5, 5.41) is 7.50. The fourth-order valence-corrected chi connectivity index (χ4v) is 4.98. The minimum Gasteiger partial charge on any atom is -0.377 e. The number of piperazine rings is 1. The Labute approximate surface area is 194 Å². The quantitative estimate of drug-likeness (QED) is 0.480. The minimum atomic E-state index is -3.94. The summed E-state index contributed by atoms with van der Waals surface area (Å²) in [6, 6.07) is 11.1. The molecule has 12 heteroatoms. The lowest BCUT2D eigenvalue weighted by Gasteiger charge is -2.36. The Morgan fingerprint density at radius 2 is 1.74 bits per heavy atom. The van der Waals surface area contributed by atoms with Gasteiger partial charge in [-0.2, -0.15) is 8.42 Å². The number of anilines is 1. The van der Waals surface area contributed by atoms with Crippen molar-refractivity contribution in [1.29, 1.82) is 5.41 Å². The second-order valence-corrected chi connectivity index (χ2v) is 9.88. The molecule has 0 bridgehead atoms. The Balaban J connectivity index is 1.65. The normalized spacial score (nSPS) is 15.1. The van der Waals surface area contributed by atoms with Crippen LogP contribution < -0.4 is 10.6 Å². The number of amidine groups is 1. The average Bonchev–Trinajstić information content (AvgIpc) is 2.73. The number of amides is 1. The molecule has 1 fully saturated rings. The maximum Gasteiger partial charge on any atom is 0.284 e. The van der Waals surface area contributed by atoms with Gasteiger partial charge in [0.15, 0.2) is 5.17 Å². The van der Waals surface area contributed by atoms with Crippen LogP contribution >= 0.6 is 35.0 Å².